The van der Waals surface area contributed by atoms with E-state index in [1.54, 1.807) is 6.08 Å². The number of nitrogens with one attached hydrogen (secondary N) is 1. The van der Waals surface area contributed by atoms with Crippen LogP contribution in [0.5, 0.6) is 0 Å². The largest absolute Gasteiger partial charge is 0.394 e. The van der Waals surface area contributed by atoms with E-state index in [1.165, 1.54) is 122 Å². The third-order valence-corrected chi connectivity index (χ3v) is 18.7. The summed E-state index contributed by atoms with van der Waals surface area (Å²) in [4.78, 5) is 13.5. The number of ether oxygens (including phenoxy) is 6. The minimum Gasteiger partial charge on any atom is -0.394 e. The van der Waals surface area contributed by atoms with Crippen LogP contribution in [0.4, 0.5) is 0 Å². The summed E-state index contributed by atoms with van der Waals surface area (Å²) in [6.45, 7) is 1.60. The molecule has 12 N–H and O–H groups in total. The Bertz CT molecular complexity index is 2300. The van der Waals surface area contributed by atoms with E-state index in [0.29, 0.717) is 12.8 Å². The van der Waals surface area contributed by atoms with Crippen molar-refractivity contribution >= 4 is 5.91 Å². The monoisotopic (exact) mass is 1430 g/mol. The Kier molecular flexibility index (Phi) is 55.5. The Hall–Kier alpha value is -3.81. The fourth-order valence-corrected chi connectivity index (χ4v) is 12.4. The number of carbonyl (C=O) groups is 1. The fraction of sp³-hybridized carbons (Fsp3) is 0.744. The van der Waals surface area contributed by atoms with Gasteiger partial charge in [0.15, 0.2) is 18.9 Å². The van der Waals surface area contributed by atoms with Gasteiger partial charge in [-0.05, 0) is 103 Å². The van der Waals surface area contributed by atoms with Crippen LogP contribution in [0.1, 0.15) is 258 Å². The van der Waals surface area contributed by atoms with Gasteiger partial charge in [-0.3, -0.25) is 4.79 Å². The first kappa shape index (κ1) is 91.4. The fourth-order valence-electron chi connectivity index (χ4n) is 12.4. The lowest BCUT2D eigenvalue weighted by molar-refractivity contribution is -0.379. The molecule has 0 saturated carbocycles. The number of aliphatic hydroxyl groups excluding tert-OH is 11. The Labute approximate surface area is 608 Å². The highest BCUT2D eigenvalue weighted by Crippen LogP contribution is 2.33. The predicted octanol–water partition coefficient (Wildman–Crippen LogP) is 12.7. The zero-order valence-electron chi connectivity index (χ0n) is 61.8. The summed E-state index contributed by atoms with van der Waals surface area (Å²) in [6.07, 6.45) is 58.9. The Morgan fingerprint density at radius 3 is 1.11 bits per heavy atom. The number of allylic oxidation sites excluding steroid dienone is 19. The van der Waals surface area contributed by atoms with Crippen LogP contribution in [0, 0.1) is 0 Å². The van der Waals surface area contributed by atoms with Gasteiger partial charge in [0, 0.05) is 6.42 Å². The number of hydrogen-bond acceptors (Lipinski definition) is 18. The van der Waals surface area contributed by atoms with E-state index < -0.39 is 124 Å². The molecule has 1 amide bonds. The molecular weight excluding hydrogens is 1290 g/mol. The van der Waals surface area contributed by atoms with E-state index in [9.17, 15) is 61.0 Å². The zero-order chi connectivity index (χ0) is 73.2. The van der Waals surface area contributed by atoms with E-state index in [4.69, 9.17) is 28.4 Å². The summed E-state index contributed by atoms with van der Waals surface area (Å²) in [5, 5.41) is 121. The highest BCUT2D eigenvalue weighted by Gasteiger charge is 2.53. The Morgan fingerprint density at radius 2 is 0.693 bits per heavy atom. The average molecular weight is 1430 g/mol. The van der Waals surface area contributed by atoms with Gasteiger partial charge in [-0.15, -0.1) is 0 Å². The third kappa shape index (κ3) is 41.6. The van der Waals surface area contributed by atoms with Gasteiger partial charge < -0.3 is 89.9 Å². The zero-order valence-corrected chi connectivity index (χ0v) is 61.8. The van der Waals surface area contributed by atoms with Crippen molar-refractivity contribution in [3.8, 4) is 0 Å². The second-order valence-electron chi connectivity index (χ2n) is 27.4. The first-order valence-electron chi connectivity index (χ1n) is 39.3. The number of carbonyl (C=O) groups excluding carboxylic acids is 1. The smallest absolute Gasteiger partial charge is 0.220 e. The standard InChI is InChI=1S/C82H139NO18/c1-3-5-7-9-11-13-15-17-19-21-23-25-27-29-30-31-32-33-34-36-38-40-42-44-46-48-50-52-54-56-58-60-70(88)83-65(66(87)59-57-55-53-51-49-47-45-43-41-39-37-35-28-26-24-22-20-18-16-14-12-10-8-6-4-2)64-96-80-76(94)73(91)78(68(62-85)98-80)101-82-77(95)74(92)79(69(63-86)99-82)100-81-75(93)72(90)71(89)67(61-84)97-81/h5,7,11,13,17,19,23,25,29-30,32-33,36,38,41,43,49,51,57,59,65-69,71-82,84-87,89-95H,3-4,6,8-10,12,14-16,18,20-22,24,26-28,31,34-35,37,39-40,42,44-48,50,52-56,58,60-64H2,1-2H3,(H,83,88)/b7-5-,13-11-,19-17-,25-23-,30-29-,33-32-,38-36-,43-41+,51-49+,59-57+. The summed E-state index contributed by atoms with van der Waals surface area (Å²) < 4.78 is 34.4. The lowest BCUT2D eigenvalue weighted by Crippen LogP contribution is -2.66. The maximum atomic E-state index is 13.5. The van der Waals surface area contributed by atoms with E-state index >= 15 is 0 Å². The SMILES string of the molecule is CC/C=C\C/C=C\C/C=C\C/C=C\C/C=C\C/C=C\C/C=C\CCCCCCCCCCCC(=O)NC(COC1OC(CO)C(OC2OC(CO)C(OC3OC(CO)C(O)C(O)C3O)C(O)C2O)C(O)C1O)C(O)/C=C/CC/C=C/CC/C=C/CCCCCCCCCCCCCCCCC. The van der Waals surface area contributed by atoms with E-state index in [0.717, 1.165) is 103 Å². The molecule has 3 aliphatic heterocycles. The molecule has 3 aliphatic rings. The molecule has 0 aliphatic carbocycles. The first-order valence-corrected chi connectivity index (χ1v) is 39.3. The molecule has 3 saturated heterocycles. The van der Waals surface area contributed by atoms with Gasteiger partial charge in [-0.1, -0.05) is 270 Å². The van der Waals surface area contributed by atoms with Crippen molar-refractivity contribution in [1.82, 2.24) is 5.32 Å². The van der Waals surface area contributed by atoms with Gasteiger partial charge >= 0.3 is 0 Å². The molecule has 0 radical (unpaired) electrons. The molecule has 101 heavy (non-hydrogen) atoms. The van der Waals surface area contributed by atoms with Gasteiger partial charge in [0.2, 0.25) is 5.91 Å². The van der Waals surface area contributed by atoms with Gasteiger partial charge in [0.05, 0.1) is 38.6 Å². The molecule has 0 aromatic rings. The molecule has 17 atom stereocenters. The van der Waals surface area contributed by atoms with Crippen LogP contribution in [0.15, 0.2) is 122 Å². The highest BCUT2D eigenvalue weighted by atomic mass is 16.8. The van der Waals surface area contributed by atoms with Crippen LogP contribution in [0.3, 0.4) is 0 Å². The molecule has 17 unspecified atom stereocenters. The van der Waals surface area contributed by atoms with Crippen molar-refractivity contribution in [2.24, 2.45) is 0 Å². The van der Waals surface area contributed by atoms with Gasteiger partial charge in [0.25, 0.3) is 0 Å². The van der Waals surface area contributed by atoms with E-state index in [-0.39, 0.29) is 18.9 Å². The van der Waals surface area contributed by atoms with Crippen molar-refractivity contribution in [2.45, 2.75) is 362 Å². The van der Waals surface area contributed by atoms with Crippen molar-refractivity contribution in [3.05, 3.63) is 122 Å². The summed E-state index contributed by atoms with van der Waals surface area (Å²) in [5.74, 6) is -0.300. The summed E-state index contributed by atoms with van der Waals surface area (Å²) in [5.41, 5.74) is 0. The van der Waals surface area contributed by atoms with Gasteiger partial charge in [0.1, 0.15) is 73.2 Å². The second kappa shape index (κ2) is 61.4. The topological polar surface area (TPSA) is 307 Å². The molecule has 0 aromatic heterocycles. The lowest BCUT2D eigenvalue weighted by Gasteiger charge is -2.48. The van der Waals surface area contributed by atoms with E-state index in [1.807, 2.05) is 6.08 Å². The van der Waals surface area contributed by atoms with Crippen LogP contribution < -0.4 is 5.32 Å². The van der Waals surface area contributed by atoms with Gasteiger partial charge in [-0.25, -0.2) is 0 Å². The maximum Gasteiger partial charge on any atom is 0.220 e. The molecule has 580 valence electrons. The van der Waals surface area contributed by atoms with Crippen molar-refractivity contribution in [2.75, 3.05) is 26.4 Å². The van der Waals surface area contributed by atoms with Crippen LogP contribution in [-0.2, 0) is 33.2 Å². The molecular formula is C82H139NO18. The van der Waals surface area contributed by atoms with Crippen LogP contribution in [0.25, 0.3) is 0 Å². The number of amides is 1. The second-order valence-corrected chi connectivity index (χ2v) is 27.4. The number of hydrogen-bond donors (Lipinski definition) is 12. The number of unbranched alkanes of at least 4 members (excludes halogenated alkanes) is 26. The van der Waals surface area contributed by atoms with Gasteiger partial charge in [-0.2, -0.15) is 0 Å². The Morgan fingerprint density at radius 1 is 0.366 bits per heavy atom. The molecule has 0 spiro atoms. The maximum absolute atomic E-state index is 13.5. The molecule has 3 rings (SSSR count). The minimum absolute atomic E-state index is 0.217. The highest BCUT2D eigenvalue weighted by molar-refractivity contribution is 5.76. The molecule has 0 aromatic carbocycles. The van der Waals surface area contributed by atoms with Crippen molar-refractivity contribution < 1.29 is 89.4 Å². The van der Waals surface area contributed by atoms with Crippen LogP contribution >= 0.6 is 0 Å². The first-order chi connectivity index (χ1) is 49.3. The quantitative estimate of drug-likeness (QED) is 0.0199. The Balaban J connectivity index is 1.41. The molecule has 3 fully saturated rings. The molecule has 3 heterocycles. The molecule has 0 bridgehead atoms. The minimum atomic E-state index is -1.99. The van der Waals surface area contributed by atoms with E-state index in [2.05, 4.69) is 129 Å². The summed E-state index contributed by atoms with van der Waals surface area (Å²) in [6, 6.07) is -1.01. The summed E-state index contributed by atoms with van der Waals surface area (Å²) in [7, 11) is 0. The van der Waals surface area contributed by atoms with Crippen molar-refractivity contribution in [1.29, 1.82) is 0 Å². The molecule has 19 heteroatoms. The van der Waals surface area contributed by atoms with Crippen molar-refractivity contribution in [3.63, 3.8) is 0 Å². The number of aliphatic hydroxyl groups is 11. The molecule has 19 nitrogen and oxygen atoms in total. The van der Waals surface area contributed by atoms with Crippen LogP contribution in [0.2, 0.25) is 0 Å². The summed E-state index contributed by atoms with van der Waals surface area (Å²) >= 11 is 0. The average Bonchev–Trinajstić information content (AvgIpc) is 0.792. The normalized spacial score (nSPS) is 27.0. The van der Waals surface area contributed by atoms with Crippen LogP contribution in [-0.4, -0.2) is 193 Å². The third-order valence-electron chi connectivity index (χ3n) is 18.7. The lowest BCUT2D eigenvalue weighted by atomic mass is 9.96. The predicted molar refractivity (Wildman–Crippen MR) is 401 cm³/mol. The number of rotatable bonds is 60.